The average Bonchev–Trinajstić information content (AvgIpc) is 3.86. The van der Waals surface area contributed by atoms with Crippen LogP contribution in [0, 0.1) is 0 Å². The zero-order valence-corrected chi connectivity index (χ0v) is 30.0. The predicted octanol–water partition coefficient (Wildman–Crippen LogP) is 14.6. The highest BCUT2D eigenvalue weighted by Crippen LogP contribution is 2.52. The molecule has 0 saturated carbocycles. The Morgan fingerprint density at radius 1 is 0.389 bits per heavy atom. The zero-order chi connectivity index (χ0) is 36.0. The van der Waals surface area contributed by atoms with Gasteiger partial charge in [-0.2, -0.15) is 0 Å². The number of rotatable bonds is 5. The van der Waals surface area contributed by atoms with Crippen molar-refractivity contribution >= 4 is 60.9 Å². The molecule has 0 fully saturated rings. The van der Waals surface area contributed by atoms with Gasteiger partial charge in [0.2, 0.25) is 0 Å². The molecule has 11 rings (SSSR count). The molecular formula is C51H35NO2. The third-order valence-corrected chi connectivity index (χ3v) is 11.5. The van der Waals surface area contributed by atoms with Crippen LogP contribution in [0.3, 0.4) is 0 Å². The zero-order valence-electron chi connectivity index (χ0n) is 30.0. The second-order valence-electron chi connectivity index (χ2n) is 14.9. The fourth-order valence-corrected chi connectivity index (χ4v) is 8.82. The van der Waals surface area contributed by atoms with E-state index in [1.165, 1.54) is 22.3 Å². The fraction of sp³-hybridized carbons (Fsp3) is 0.0588. The first-order chi connectivity index (χ1) is 26.5. The van der Waals surface area contributed by atoms with Gasteiger partial charge in [-0.15, -0.1) is 0 Å². The third kappa shape index (κ3) is 4.55. The van der Waals surface area contributed by atoms with Gasteiger partial charge in [0.15, 0.2) is 0 Å². The van der Waals surface area contributed by atoms with Gasteiger partial charge >= 0.3 is 0 Å². The lowest BCUT2D eigenvalue weighted by Gasteiger charge is -2.30. The number of benzene rings is 8. The standard InChI is InChI=1S/C51H35NO2/c1-51(2)44-20-9-6-15-37(44)38-28-27-35(29-45(38)51)52(34-25-23-33(24-26-34)36-18-12-19-41-39-16-7-11-22-48(39)54-50(36)41)46-30-43-40-17-8-10-21-47(40)53-49(43)31-42(46)32-13-4-3-5-14-32/h3-31H,1-2H3. The Morgan fingerprint density at radius 3 is 1.81 bits per heavy atom. The molecule has 8 aromatic carbocycles. The predicted molar refractivity (Wildman–Crippen MR) is 224 cm³/mol. The summed E-state index contributed by atoms with van der Waals surface area (Å²) in [6.45, 7) is 4.69. The molecule has 2 heterocycles. The summed E-state index contributed by atoms with van der Waals surface area (Å²) in [6.07, 6.45) is 0. The van der Waals surface area contributed by atoms with Crippen LogP contribution in [-0.4, -0.2) is 0 Å². The maximum absolute atomic E-state index is 6.48. The van der Waals surface area contributed by atoms with Crippen molar-refractivity contribution in [3.05, 3.63) is 187 Å². The summed E-state index contributed by atoms with van der Waals surface area (Å²) in [6, 6.07) is 63.0. The minimum Gasteiger partial charge on any atom is -0.456 e. The summed E-state index contributed by atoms with van der Waals surface area (Å²) in [4.78, 5) is 2.43. The SMILES string of the molecule is CC1(C)c2ccccc2-c2ccc(N(c3ccc(-c4cccc5c4oc4ccccc45)cc3)c3cc4c(cc3-c3ccccc3)oc3ccccc34)cc21. The molecule has 54 heavy (non-hydrogen) atoms. The number of hydrogen-bond acceptors (Lipinski definition) is 3. The van der Waals surface area contributed by atoms with E-state index in [0.717, 1.165) is 83.2 Å². The van der Waals surface area contributed by atoms with E-state index in [-0.39, 0.29) is 5.41 Å². The second kappa shape index (κ2) is 11.6. The van der Waals surface area contributed by atoms with E-state index in [2.05, 4.69) is 176 Å². The lowest BCUT2D eigenvalue weighted by atomic mass is 9.82. The Bertz CT molecular complexity index is 3070. The highest BCUT2D eigenvalue weighted by molar-refractivity contribution is 6.11. The summed E-state index contributed by atoms with van der Waals surface area (Å²) < 4.78 is 12.9. The molecule has 0 atom stereocenters. The lowest BCUT2D eigenvalue weighted by molar-refractivity contribution is 0.660. The Hall–Kier alpha value is -6.84. The van der Waals surface area contributed by atoms with Crippen LogP contribution in [0.4, 0.5) is 17.1 Å². The molecular weight excluding hydrogens is 659 g/mol. The van der Waals surface area contributed by atoms with E-state index in [9.17, 15) is 0 Å². The van der Waals surface area contributed by atoms with Crippen LogP contribution in [-0.2, 0) is 5.41 Å². The van der Waals surface area contributed by atoms with Crippen LogP contribution in [0.25, 0.3) is 77.3 Å². The van der Waals surface area contributed by atoms with Gasteiger partial charge in [0.25, 0.3) is 0 Å². The maximum atomic E-state index is 6.48. The van der Waals surface area contributed by atoms with Crippen molar-refractivity contribution in [3.8, 4) is 33.4 Å². The number of furan rings is 2. The second-order valence-corrected chi connectivity index (χ2v) is 14.9. The Balaban J connectivity index is 1.15. The highest BCUT2D eigenvalue weighted by atomic mass is 16.3. The minimum atomic E-state index is -0.143. The molecule has 1 aliphatic carbocycles. The van der Waals surface area contributed by atoms with Crippen molar-refractivity contribution < 1.29 is 8.83 Å². The largest absolute Gasteiger partial charge is 0.456 e. The first-order valence-corrected chi connectivity index (χ1v) is 18.6. The first-order valence-electron chi connectivity index (χ1n) is 18.6. The molecule has 3 heteroatoms. The van der Waals surface area contributed by atoms with Crippen LogP contribution in [0.2, 0.25) is 0 Å². The summed E-state index contributed by atoms with van der Waals surface area (Å²) in [7, 11) is 0. The number of fused-ring (bicyclic) bond motifs is 9. The van der Waals surface area contributed by atoms with Crippen molar-refractivity contribution in [1.29, 1.82) is 0 Å². The third-order valence-electron chi connectivity index (χ3n) is 11.5. The fourth-order valence-electron chi connectivity index (χ4n) is 8.82. The van der Waals surface area contributed by atoms with Gasteiger partial charge in [0, 0.05) is 49.5 Å². The van der Waals surface area contributed by atoms with Gasteiger partial charge in [-0.25, -0.2) is 0 Å². The Kier molecular flexibility index (Phi) is 6.60. The molecule has 0 N–H and O–H groups in total. The van der Waals surface area contributed by atoms with Crippen LogP contribution in [0.15, 0.2) is 185 Å². The molecule has 1 aliphatic rings. The van der Waals surface area contributed by atoms with Crippen LogP contribution in [0.1, 0.15) is 25.0 Å². The number of anilines is 3. The maximum Gasteiger partial charge on any atom is 0.143 e. The molecule has 0 spiro atoms. The molecule has 0 aliphatic heterocycles. The monoisotopic (exact) mass is 693 g/mol. The molecule has 10 aromatic rings. The van der Waals surface area contributed by atoms with Crippen molar-refractivity contribution in [2.75, 3.05) is 4.90 Å². The van der Waals surface area contributed by atoms with E-state index >= 15 is 0 Å². The van der Waals surface area contributed by atoms with Gasteiger partial charge in [-0.3, -0.25) is 0 Å². The number of para-hydroxylation sites is 3. The summed E-state index contributed by atoms with van der Waals surface area (Å²) >= 11 is 0. The average molecular weight is 694 g/mol. The minimum absolute atomic E-state index is 0.143. The molecule has 3 nitrogen and oxygen atoms in total. The Morgan fingerprint density at radius 2 is 1.00 bits per heavy atom. The molecule has 0 amide bonds. The van der Waals surface area contributed by atoms with Crippen LogP contribution < -0.4 is 4.90 Å². The van der Waals surface area contributed by atoms with Crippen molar-refractivity contribution in [2.45, 2.75) is 19.3 Å². The van der Waals surface area contributed by atoms with Crippen LogP contribution >= 0.6 is 0 Å². The van der Waals surface area contributed by atoms with Gasteiger partial charge in [0.1, 0.15) is 22.3 Å². The molecule has 256 valence electrons. The molecule has 0 unspecified atom stereocenters. The lowest BCUT2D eigenvalue weighted by Crippen LogP contribution is -2.17. The quantitative estimate of drug-likeness (QED) is 0.180. The van der Waals surface area contributed by atoms with E-state index in [0.29, 0.717) is 0 Å². The molecule has 0 saturated heterocycles. The smallest absolute Gasteiger partial charge is 0.143 e. The van der Waals surface area contributed by atoms with E-state index in [1.807, 2.05) is 18.2 Å². The van der Waals surface area contributed by atoms with Gasteiger partial charge in [-0.1, -0.05) is 141 Å². The normalized spacial score (nSPS) is 13.1. The van der Waals surface area contributed by atoms with Gasteiger partial charge < -0.3 is 13.7 Å². The van der Waals surface area contributed by atoms with Gasteiger partial charge in [-0.05, 0) is 81.9 Å². The van der Waals surface area contributed by atoms with Crippen molar-refractivity contribution in [1.82, 2.24) is 0 Å². The highest BCUT2D eigenvalue weighted by Gasteiger charge is 2.36. The summed E-state index contributed by atoms with van der Waals surface area (Å²) in [5, 5.41) is 4.46. The van der Waals surface area contributed by atoms with E-state index in [1.54, 1.807) is 0 Å². The Labute approximate surface area is 313 Å². The topological polar surface area (TPSA) is 29.5 Å². The molecule has 0 bridgehead atoms. The summed E-state index contributed by atoms with van der Waals surface area (Å²) in [5.74, 6) is 0. The molecule has 0 radical (unpaired) electrons. The number of hydrogen-bond donors (Lipinski definition) is 0. The van der Waals surface area contributed by atoms with Crippen LogP contribution in [0.5, 0.6) is 0 Å². The van der Waals surface area contributed by atoms with Crippen molar-refractivity contribution in [2.24, 2.45) is 0 Å². The summed E-state index contributed by atoms with van der Waals surface area (Å²) in [5.41, 5.74) is 16.4. The first kappa shape index (κ1) is 30.8. The van der Waals surface area contributed by atoms with E-state index < -0.39 is 0 Å². The molecule has 2 aromatic heterocycles. The number of nitrogens with zero attached hydrogens (tertiary/aromatic N) is 1. The van der Waals surface area contributed by atoms with Gasteiger partial charge in [0.05, 0.1) is 5.69 Å². The van der Waals surface area contributed by atoms with E-state index in [4.69, 9.17) is 8.83 Å². The van der Waals surface area contributed by atoms with Crippen molar-refractivity contribution in [3.63, 3.8) is 0 Å².